The summed E-state index contributed by atoms with van der Waals surface area (Å²) in [7, 11) is 0. The number of fused-ring (bicyclic) bond motifs is 1. The Balaban J connectivity index is 2.05. The molecule has 3 rings (SSSR count). The van der Waals surface area contributed by atoms with Gasteiger partial charge in [0.25, 0.3) is 0 Å². The maximum atomic E-state index is 11.7. The minimum Gasteiger partial charge on any atom is -0.482 e. The second-order valence-electron chi connectivity index (χ2n) is 5.46. The summed E-state index contributed by atoms with van der Waals surface area (Å²) in [6.07, 6.45) is 8.61. The zero-order valence-electron chi connectivity index (χ0n) is 10.9. The SMILES string of the molecule is Cc1cc2c(c(=O)o1)C=C[C@@]1(CCCC[C@@H]1C)O2. The number of aryl methyl sites for hydroxylation is 1. The first-order chi connectivity index (χ1) is 8.61. The van der Waals surface area contributed by atoms with Crippen LogP contribution in [0.3, 0.4) is 0 Å². The Bertz CT molecular complexity index is 555. The fourth-order valence-corrected chi connectivity index (χ4v) is 3.03. The van der Waals surface area contributed by atoms with E-state index in [2.05, 4.69) is 13.0 Å². The van der Waals surface area contributed by atoms with Crippen LogP contribution < -0.4 is 10.4 Å². The molecule has 1 spiro atoms. The summed E-state index contributed by atoms with van der Waals surface area (Å²) < 4.78 is 11.3. The van der Waals surface area contributed by atoms with Crippen LogP contribution in [0, 0.1) is 12.8 Å². The largest absolute Gasteiger partial charge is 0.482 e. The smallest absolute Gasteiger partial charge is 0.346 e. The third-order valence-electron chi connectivity index (χ3n) is 4.19. The van der Waals surface area contributed by atoms with Crippen molar-refractivity contribution in [1.29, 1.82) is 0 Å². The van der Waals surface area contributed by atoms with Crippen molar-refractivity contribution >= 4 is 6.08 Å². The van der Waals surface area contributed by atoms with Gasteiger partial charge in [0.1, 0.15) is 22.7 Å². The van der Waals surface area contributed by atoms with Crippen molar-refractivity contribution in [3.05, 3.63) is 33.9 Å². The molecular formula is C15H18O3. The molecule has 0 aromatic carbocycles. The molecule has 3 nitrogen and oxygen atoms in total. The zero-order valence-corrected chi connectivity index (χ0v) is 10.9. The molecule has 0 bridgehead atoms. The Labute approximate surface area is 106 Å². The molecular weight excluding hydrogens is 228 g/mol. The van der Waals surface area contributed by atoms with Gasteiger partial charge in [-0.1, -0.05) is 13.3 Å². The van der Waals surface area contributed by atoms with Gasteiger partial charge in [-0.25, -0.2) is 4.79 Å². The van der Waals surface area contributed by atoms with E-state index in [9.17, 15) is 4.79 Å². The van der Waals surface area contributed by atoms with Crippen molar-refractivity contribution in [3.63, 3.8) is 0 Å². The quantitative estimate of drug-likeness (QED) is 0.705. The minimum atomic E-state index is -0.306. The van der Waals surface area contributed by atoms with Gasteiger partial charge >= 0.3 is 5.63 Å². The molecule has 0 unspecified atom stereocenters. The molecule has 1 aliphatic heterocycles. The van der Waals surface area contributed by atoms with E-state index >= 15 is 0 Å². The molecule has 0 saturated heterocycles. The molecule has 0 radical (unpaired) electrons. The minimum absolute atomic E-state index is 0.217. The fourth-order valence-electron chi connectivity index (χ4n) is 3.03. The maximum absolute atomic E-state index is 11.7. The van der Waals surface area contributed by atoms with Crippen molar-refractivity contribution in [2.45, 2.75) is 45.1 Å². The molecule has 2 atom stereocenters. The molecule has 0 N–H and O–H groups in total. The second kappa shape index (κ2) is 4.01. The van der Waals surface area contributed by atoms with Gasteiger partial charge < -0.3 is 9.15 Å². The van der Waals surface area contributed by atoms with E-state index < -0.39 is 0 Å². The highest BCUT2D eigenvalue weighted by molar-refractivity contribution is 5.60. The Morgan fingerprint density at radius 3 is 3.00 bits per heavy atom. The first-order valence-electron chi connectivity index (χ1n) is 6.64. The molecule has 1 fully saturated rings. The van der Waals surface area contributed by atoms with Crippen LogP contribution in [-0.4, -0.2) is 5.60 Å². The average Bonchev–Trinajstić information content (AvgIpc) is 2.32. The van der Waals surface area contributed by atoms with E-state index in [0.717, 1.165) is 6.42 Å². The van der Waals surface area contributed by atoms with E-state index in [-0.39, 0.29) is 11.2 Å². The second-order valence-corrected chi connectivity index (χ2v) is 5.46. The maximum Gasteiger partial charge on any atom is 0.346 e. The third-order valence-corrected chi connectivity index (χ3v) is 4.19. The Morgan fingerprint density at radius 2 is 2.22 bits per heavy atom. The van der Waals surface area contributed by atoms with Crippen LogP contribution in [0.5, 0.6) is 5.75 Å². The van der Waals surface area contributed by atoms with E-state index in [1.54, 1.807) is 6.92 Å². The van der Waals surface area contributed by atoms with Crippen LogP contribution in [0.2, 0.25) is 0 Å². The van der Waals surface area contributed by atoms with Gasteiger partial charge in [0, 0.05) is 6.07 Å². The van der Waals surface area contributed by atoms with Gasteiger partial charge in [-0.3, -0.25) is 0 Å². The van der Waals surface area contributed by atoms with Crippen LogP contribution in [0.25, 0.3) is 6.08 Å². The first kappa shape index (κ1) is 11.6. The molecule has 1 aromatic heterocycles. The molecule has 18 heavy (non-hydrogen) atoms. The first-order valence-corrected chi connectivity index (χ1v) is 6.64. The van der Waals surface area contributed by atoms with E-state index in [1.807, 2.05) is 12.1 Å². The number of rotatable bonds is 0. The zero-order chi connectivity index (χ0) is 12.8. The molecule has 0 amide bonds. The molecule has 1 aliphatic carbocycles. The van der Waals surface area contributed by atoms with Gasteiger partial charge in [-0.05, 0) is 44.3 Å². The summed E-state index contributed by atoms with van der Waals surface area (Å²) in [5.41, 5.74) is 0.0226. The highest BCUT2D eigenvalue weighted by Crippen LogP contribution is 2.42. The highest BCUT2D eigenvalue weighted by Gasteiger charge is 2.40. The lowest BCUT2D eigenvalue weighted by Crippen LogP contribution is -2.44. The summed E-state index contributed by atoms with van der Waals surface area (Å²) in [5, 5.41) is 0. The Kier molecular flexibility index (Phi) is 2.58. The van der Waals surface area contributed by atoms with Gasteiger partial charge in [-0.15, -0.1) is 0 Å². The van der Waals surface area contributed by atoms with Crippen LogP contribution in [0.1, 0.15) is 43.9 Å². The topological polar surface area (TPSA) is 39.4 Å². The lowest BCUT2D eigenvalue weighted by atomic mass is 9.75. The molecule has 1 aromatic rings. The number of hydrogen-bond acceptors (Lipinski definition) is 3. The number of ether oxygens (including phenoxy) is 1. The molecule has 96 valence electrons. The van der Waals surface area contributed by atoms with Gasteiger partial charge in [0.15, 0.2) is 0 Å². The summed E-state index contributed by atoms with van der Waals surface area (Å²) in [6, 6.07) is 1.82. The van der Waals surface area contributed by atoms with E-state index in [0.29, 0.717) is 23.0 Å². The normalized spacial score (nSPS) is 30.0. The van der Waals surface area contributed by atoms with Crippen LogP contribution in [-0.2, 0) is 0 Å². The third kappa shape index (κ3) is 1.69. The van der Waals surface area contributed by atoms with Crippen molar-refractivity contribution in [2.24, 2.45) is 5.92 Å². The lowest BCUT2D eigenvalue weighted by Gasteiger charge is -2.42. The predicted octanol–water partition coefficient (Wildman–Crippen LogP) is 3.30. The molecule has 2 aliphatic rings. The van der Waals surface area contributed by atoms with Gasteiger partial charge in [0.05, 0.1) is 0 Å². The van der Waals surface area contributed by atoms with Crippen molar-refractivity contribution in [3.8, 4) is 5.75 Å². The standard InChI is InChI=1S/C15H18O3/c1-10-5-3-4-7-15(10)8-6-12-13(18-15)9-11(2)17-14(12)16/h6,8-10H,3-5,7H2,1-2H3/t10-,15+/m0/s1. The van der Waals surface area contributed by atoms with Crippen molar-refractivity contribution in [1.82, 2.24) is 0 Å². The molecule has 1 saturated carbocycles. The fraction of sp³-hybridized carbons (Fsp3) is 0.533. The molecule has 2 heterocycles. The summed E-state index contributed by atoms with van der Waals surface area (Å²) >= 11 is 0. The lowest BCUT2D eigenvalue weighted by molar-refractivity contribution is 0.0252. The Morgan fingerprint density at radius 1 is 1.39 bits per heavy atom. The van der Waals surface area contributed by atoms with E-state index in [4.69, 9.17) is 9.15 Å². The monoisotopic (exact) mass is 246 g/mol. The Hall–Kier alpha value is -1.51. The summed E-state index contributed by atoms with van der Waals surface area (Å²) in [5.74, 6) is 1.77. The van der Waals surface area contributed by atoms with Gasteiger partial charge in [-0.2, -0.15) is 0 Å². The van der Waals surface area contributed by atoms with Crippen LogP contribution >= 0.6 is 0 Å². The van der Waals surface area contributed by atoms with Crippen LogP contribution in [0.15, 0.2) is 21.4 Å². The van der Waals surface area contributed by atoms with Gasteiger partial charge in [0.2, 0.25) is 0 Å². The molecule has 3 heteroatoms. The number of hydrogen-bond donors (Lipinski definition) is 0. The van der Waals surface area contributed by atoms with Crippen molar-refractivity contribution in [2.75, 3.05) is 0 Å². The predicted molar refractivity (Wildman–Crippen MR) is 69.7 cm³/mol. The summed E-state index contributed by atoms with van der Waals surface area (Å²) in [4.78, 5) is 11.7. The summed E-state index contributed by atoms with van der Waals surface area (Å²) in [6.45, 7) is 4.01. The average molecular weight is 246 g/mol. The van der Waals surface area contributed by atoms with E-state index in [1.165, 1.54) is 19.3 Å². The van der Waals surface area contributed by atoms with Crippen LogP contribution in [0.4, 0.5) is 0 Å². The highest BCUT2D eigenvalue weighted by atomic mass is 16.5. The van der Waals surface area contributed by atoms with Crippen molar-refractivity contribution < 1.29 is 9.15 Å².